The molecule has 0 unspecified atom stereocenters. The molecule has 1 N–H and O–H groups in total. The first-order valence-corrected chi connectivity index (χ1v) is 8.11. The van der Waals surface area contributed by atoms with Crippen LogP contribution in [0.25, 0.3) is 10.2 Å². The van der Waals surface area contributed by atoms with Crippen LogP contribution >= 0.6 is 11.3 Å². The first-order chi connectivity index (χ1) is 10.8. The molecule has 120 valence electrons. The minimum Gasteiger partial charge on any atom is -0.494 e. The third-order valence-corrected chi connectivity index (χ3v) is 4.01. The van der Waals surface area contributed by atoms with Gasteiger partial charge in [-0.05, 0) is 25.1 Å². The fourth-order valence-electron chi connectivity index (χ4n) is 1.91. The molecule has 0 atom stereocenters. The van der Waals surface area contributed by atoms with Gasteiger partial charge in [-0.1, -0.05) is 32.1 Å². The van der Waals surface area contributed by atoms with Crippen LogP contribution in [0.1, 0.15) is 27.7 Å². The second kappa shape index (κ2) is 6.80. The van der Waals surface area contributed by atoms with E-state index in [1.165, 1.54) is 17.5 Å². The van der Waals surface area contributed by atoms with Crippen molar-refractivity contribution in [2.24, 2.45) is 5.41 Å². The van der Waals surface area contributed by atoms with Gasteiger partial charge < -0.3 is 10.1 Å². The third kappa shape index (κ3) is 4.08. The number of Topliss-reactive ketones (excluding diaryl/α,β-unsaturated/α-hetero) is 1. The number of hydrogen-bond acceptors (Lipinski definition) is 6. The molecule has 23 heavy (non-hydrogen) atoms. The van der Waals surface area contributed by atoms with Crippen LogP contribution in [-0.4, -0.2) is 17.4 Å². The van der Waals surface area contributed by atoms with Gasteiger partial charge in [-0.25, -0.2) is 4.98 Å². The first-order valence-electron chi connectivity index (χ1n) is 7.30. The minimum atomic E-state index is -0.594. The van der Waals surface area contributed by atoms with Crippen molar-refractivity contribution in [2.75, 3.05) is 11.9 Å². The Labute approximate surface area is 139 Å². The Hall–Kier alpha value is -2.39. The lowest BCUT2D eigenvalue weighted by Crippen LogP contribution is -2.22. The maximum absolute atomic E-state index is 12.1. The zero-order valence-corrected chi connectivity index (χ0v) is 14.5. The molecule has 5 nitrogen and oxygen atoms in total. The molecule has 1 aromatic carbocycles. The zero-order valence-electron chi connectivity index (χ0n) is 13.6. The van der Waals surface area contributed by atoms with Crippen molar-refractivity contribution in [2.45, 2.75) is 27.7 Å². The van der Waals surface area contributed by atoms with E-state index in [0.29, 0.717) is 11.7 Å². The van der Waals surface area contributed by atoms with Gasteiger partial charge in [0.1, 0.15) is 17.4 Å². The van der Waals surface area contributed by atoms with Crippen molar-refractivity contribution in [1.82, 2.24) is 4.98 Å². The number of fused-ring (bicyclic) bond motifs is 1. The number of rotatable bonds is 5. The number of aromatic nitrogens is 1. The summed E-state index contributed by atoms with van der Waals surface area (Å²) in [6, 6.07) is 7.63. The topological polar surface area (TPSA) is 75.0 Å². The number of allylic oxidation sites excluding steroid dienone is 1. The highest BCUT2D eigenvalue weighted by Crippen LogP contribution is 2.29. The van der Waals surface area contributed by atoms with Gasteiger partial charge >= 0.3 is 0 Å². The molecule has 1 aromatic heterocycles. The molecule has 0 aliphatic heterocycles. The van der Waals surface area contributed by atoms with E-state index in [1.54, 1.807) is 20.8 Å². The van der Waals surface area contributed by atoms with Crippen molar-refractivity contribution in [3.63, 3.8) is 0 Å². The summed E-state index contributed by atoms with van der Waals surface area (Å²) in [4.78, 5) is 16.6. The van der Waals surface area contributed by atoms with Crippen LogP contribution in [0, 0.1) is 16.7 Å². The number of ketones is 1. The second-order valence-electron chi connectivity index (χ2n) is 5.97. The fourth-order valence-corrected chi connectivity index (χ4v) is 2.77. The number of thiazole rings is 1. The number of benzene rings is 1. The number of ether oxygens (including phenoxy) is 1. The van der Waals surface area contributed by atoms with Crippen molar-refractivity contribution in [3.05, 3.63) is 30.0 Å². The van der Waals surface area contributed by atoms with Crippen LogP contribution in [0.2, 0.25) is 0 Å². The molecule has 0 fully saturated rings. The number of nitrogens with one attached hydrogen (secondary N) is 1. The van der Waals surface area contributed by atoms with E-state index in [2.05, 4.69) is 10.3 Å². The largest absolute Gasteiger partial charge is 0.494 e. The van der Waals surface area contributed by atoms with E-state index in [4.69, 9.17) is 10.00 Å². The average molecular weight is 329 g/mol. The predicted molar refractivity (Wildman–Crippen MR) is 92.6 cm³/mol. The maximum Gasteiger partial charge on any atom is 0.187 e. The summed E-state index contributed by atoms with van der Waals surface area (Å²) in [7, 11) is 0. The van der Waals surface area contributed by atoms with E-state index in [-0.39, 0.29) is 11.4 Å². The van der Waals surface area contributed by atoms with Crippen molar-refractivity contribution >= 4 is 32.5 Å². The van der Waals surface area contributed by atoms with Gasteiger partial charge in [0.2, 0.25) is 0 Å². The smallest absolute Gasteiger partial charge is 0.187 e. The van der Waals surface area contributed by atoms with Crippen molar-refractivity contribution < 1.29 is 9.53 Å². The molecular weight excluding hydrogens is 310 g/mol. The molecule has 6 heteroatoms. The third-order valence-electron chi connectivity index (χ3n) is 3.06. The van der Waals surface area contributed by atoms with E-state index >= 15 is 0 Å². The second-order valence-corrected chi connectivity index (χ2v) is 7.01. The fraction of sp³-hybridized carbons (Fsp3) is 0.353. The maximum atomic E-state index is 12.1. The SMILES string of the molecule is CCOc1ccc2nc(N/C=C(\C#N)C(=O)C(C)(C)C)sc2c1. The number of carbonyl (C=O) groups is 1. The molecule has 2 aromatic rings. The van der Waals surface area contributed by atoms with E-state index < -0.39 is 5.41 Å². The molecule has 0 radical (unpaired) electrons. The molecule has 0 spiro atoms. The summed E-state index contributed by atoms with van der Waals surface area (Å²) in [5, 5.41) is 12.7. The summed E-state index contributed by atoms with van der Waals surface area (Å²) in [6.45, 7) is 7.90. The van der Waals surface area contributed by atoms with Crippen LogP contribution < -0.4 is 10.1 Å². The number of carbonyl (C=O) groups excluding carboxylic acids is 1. The number of anilines is 1. The molecule has 0 saturated heterocycles. The van der Waals surface area contributed by atoms with E-state index in [1.807, 2.05) is 31.2 Å². The lowest BCUT2D eigenvalue weighted by atomic mass is 9.87. The van der Waals surface area contributed by atoms with Gasteiger partial charge in [0, 0.05) is 11.6 Å². The first kappa shape index (κ1) is 17.0. The van der Waals surface area contributed by atoms with Crippen LogP contribution in [0.3, 0.4) is 0 Å². The highest BCUT2D eigenvalue weighted by atomic mass is 32.1. The van der Waals surface area contributed by atoms with Gasteiger partial charge in [0.25, 0.3) is 0 Å². The number of nitrogens with zero attached hydrogens (tertiary/aromatic N) is 2. The number of hydrogen-bond donors (Lipinski definition) is 1. The lowest BCUT2D eigenvalue weighted by molar-refractivity contribution is -0.122. The van der Waals surface area contributed by atoms with Gasteiger partial charge in [-0.15, -0.1) is 0 Å². The average Bonchev–Trinajstić information content (AvgIpc) is 2.89. The quantitative estimate of drug-likeness (QED) is 0.659. The lowest BCUT2D eigenvalue weighted by Gasteiger charge is -2.15. The van der Waals surface area contributed by atoms with Gasteiger partial charge in [-0.3, -0.25) is 4.79 Å². The van der Waals surface area contributed by atoms with Gasteiger partial charge in [0.15, 0.2) is 10.9 Å². The van der Waals surface area contributed by atoms with Gasteiger partial charge in [-0.2, -0.15) is 5.26 Å². The van der Waals surface area contributed by atoms with Crippen LogP contribution in [0.4, 0.5) is 5.13 Å². The number of nitriles is 1. The summed E-state index contributed by atoms with van der Waals surface area (Å²) < 4.78 is 6.45. The monoisotopic (exact) mass is 329 g/mol. The zero-order chi connectivity index (χ0) is 17.0. The summed E-state index contributed by atoms with van der Waals surface area (Å²) in [5.41, 5.74) is 0.338. The summed E-state index contributed by atoms with van der Waals surface area (Å²) >= 11 is 1.44. The molecule has 0 saturated carbocycles. The molecule has 0 aliphatic rings. The molecule has 2 rings (SSSR count). The highest BCUT2D eigenvalue weighted by Gasteiger charge is 2.25. The Morgan fingerprint density at radius 3 is 2.83 bits per heavy atom. The normalized spacial score (nSPS) is 12.0. The Morgan fingerprint density at radius 1 is 1.48 bits per heavy atom. The summed E-state index contributed by atoms with van der Waals surface area (Å²) in [5.74, 6) is 0.596. The molecule has 0 aliphatic carbocycles. The molecule has 0 amide bonds. The molecular formula is C17H19N3O2S. The van der Waals surface area contributed by atoms with Gasteiger partial charge in [0.05, 0.1) is 16.8 Å². The highest BCUT2D eigenvalue weighted by molar-refractivity contribution is 7.22. The predicted octanol–water partition coefficient (Wildman–Crippen LogP) is 4.13. The van der Waals surface area contributed by atoms with Crippen LogP contribution in [0.5, 0.6) is 5.75 Å². The Kier molecular flexibility index (Phi) is 5.02. The van der Waals surface area contributed by atoms with Crippen LogP contribution in [-0.2, 0) is 4.79 Å². The standard InChI is InChI=1S/C17H19N3O2S/c1-5-22-12-6-7-13-14(8-12)23-16(20-13)19-10-11(9-18)15(21)17(2,3)4/h6-8,10H,5H2,1-4H3,(H,19,20)/b11-10+. The molecule has 1 heterocycles. The van der Waals surface area contributed by atoms with Crippen molar-refractivity contribution in [3.8, 4) is 11.8 Å². The van der Waals surface area contributed by atoms with Crippen LogP contribution in [0.15, 0.2) is 30.0 Å². The summed E-state index contributed by atoms with van der Waals surface area (Å²) in [6.07, 6.45) is 1.43. The van der Waals surface area contributed by atoms with E-state index in [9.17, 15) is 4.79 Å². The van der Waals surface area contributed by atoms with E-state index in [0.717, 1.165) is 16.0 Å². The Bertz CT molecular complexity index is 794. The molecule has 0 bridgehead atoms. The Balaban J connectivity index is 2.23. The Morgan fingerprint density at radius 2 is 2.22 bits per heavy atom. The minimum absolute atomic E-state index is 0.0896. The van der Waals surface area contributed by atoms with Crippen molar-refractivity contribution in [1.29, 1.82) is 5.26 Å².